The van der Waals surface area contributed by atoms with Crippen molar-refractivity contribution in [3.05, 3.63) is 59.3 Å². The molecule has 2 heterocycles. The molecule has 0 bridgehead atoms. The van der Waals surface area contributed by atoms with Crippen LogP contribution < -0.4 is 14.2 Å². The molecule has 1 N–H and O–H groups in total. The maximum Gasteiger partial charge on any atom is 0.273 e. The molecular weight excluding hydrogens is 394 g/mol. The van der Waals surface area contributed by atoms with Crippen LogP contribution in [0.3, 0.4) is 0 Å². The summed E-state index contributed by atoms with van der Waals surface area (Å²) < 4.78 is 16.3. The van der Waals surface area contributed by atoms with Crippen molar-refractivity contribution in [1.29, 1.82) is 0 Å². The number of carbonyl (C=O) groups excluding carboxylic acids is 1. The number of amides is 1. The molecule has 0 spiro atoms. The Labute approximate surface area is 181 Å². The van der Waals surface area contributed by atoms with E-state index in [0.717, 1.165) is 28.1 Å². The molecule has 0 radical (unpaired) electrons. The Balaban J connectivity index is 1.89. The lowest BCUT2D eigenvalue weighted by Crippen LogP contribution is -2.33. The van der Waals surface area contributed by atoms with Gasteiger partial charge in [-0.05, 0) is 42.3 Å². The summed E-state index contributed by atoms with van der Waals surface area (Å²) in [6.45, 7) is 4.82. The van der Waals surface area contributed by atoms with E-state index in [1.165, 1.54) is 0 Å². The fourth-order valence-corrected chi connectivity index (χ4v) is 4.11. The third kappa shape index (κ3) is 3.60. The lowest BCUT2D eigenvalue weighted by Gasteiger charge is -2.29. The number of nitrogens with one attached hydrogen (secondary N) is 1. The summed E-state index contributed by atoms with van der Waals surface area (Å²) in [5, 5.41) is 7.50. The van der Waals surface area contributed by atoms with Crippen molar-refractivity contribution in [1.82, 2.24) is 15.1 Å². The minimum absolute atomic E-state index is 0.0566. The minimum atomic E-state index is -0.318. The van der Waals surface area contributed by atoms with E-state index in [-0.39, 0.29) is 11.9 Å². The van der Waals surface area contributed by atoms with Gasteiger partial charge in [0.05, 0.1) is 33.1 Å². The van der Waals surface area contributed by atoms with Crippen LogP contribution in [0.2, 0.25) is 0 Å². The van der Waals surface area contributed by atoms with Gasteiger partial charge in [-0.25, -0.2) is 0 Å². The highest BCUT2D eigenvalue weighted by molar-refractivity contribution is 6.00. The van der Waals surface area contributed by atoms with Gasteiger partial charge in [0.15, 0.2) is 0 Å². The van der Waals surface area contributed by atoms with Crippen LogP contribution in [0.15, 0.2) is 42.5 Å². The quantitative estimate of drug-likeness (QED) is 0.615. The second kappa shape index (κ2) is 8.34. The summed E-state index contributed by atoms with van der Waals surface area (Å²) in [7, 11) is 4.88. The zero-order valence-electron chi connectivity index (χ0n) is 18.4. The molecule has 1 aliphatic rings. The zero-order valence-corrected chi connectivity index (χ0v) is 18.4. The molecule has 3 aromatic rings. The Morgan fingerprint density at radius 3 is 2.29 bits per heavy atom. The van der Waals surface area contributed by atoms with Crippen LogP contribution >= 0.6 is 0 Å². The predicted octanol–water partition coefficient (Wildman–Crippen LogP) is 4.30. The van der Waals surface area contributed by atoms with Crippen molar-refractivity contribution in [2.75, 3.05) is 27.9 Å². The SMILES string of the molecule is COc1ccc(-c2n[nH]c3c2C(c2ccc(OC)cc2OC)N(CC(C)C)C3=O)cc1. The molecule has 31 heavy (non-hydrogen) atoms. The van der Waals surface area contributed by atoms with E-state index < -0.39 is 0 Å². The number of nitrogens with zero attached hydrogens (tertiary/aromatic N) is 2. The smallest absolute Gasteiger partial charge is 0.273 e. The Bertz CT molecular complexity index is 1090. The van der Waals surface area contributed by atoms with E-state index in [0.29, 0.717) is 29.7 Å². The number of ether oxygens (including phenoxy) is 3. The number of hydrogen-bond donors (Lipinski definition) is 1. The van der Waals surface area contributed by atoms with Gasteiger partial charge in [0.2, 0.25) is 0 Å². The highest BCUT2D eigenvalue weighted by Gasteiger charge is 2.43. The van der Waals surface area contributed by atoms with E-state index >= 15 is 0 Å². The van der Waals surface area contributed by atoms with Gasteiger partial charge < -0.3 is 19.1 Å². The third-order valence-corrected chi connectivity index (χ3v) is 5.52. The molecule has 1 amide bonds. The van der Waals surface area contributed by atoms with Gasteiger partial charge in [-0.3, -0.25) is 9.89 Å². The maximum atomic E-state index is 13.4. The summed E-state index contributed by atoms with van der Waals surface area (Å²) in [6, 6.07) is 13.1. The van der Waals surface area contributed by atoms with Crippen LogP contribution in [0.1, 0.15) is 41.5 Å². The van der Waals surface area contributed by atoms with Crippen molar-refractivity contribution in [3.63, 3.8) is 0 Å². The second-order valence-corrected chi connectivity index (χ2v) is 7.95. The minimum Gasteiger partial charge on any atom is -0.497 e. The van der Waals surface area contributed by atoms with E-state index in [1.807, 2.05) is 47.4 Å². The predicted molar refractivity (Wildman–Crippen MR) is 118 cm³/mol. The summed E-state index contributed by atoms with van der Waals surface area (Å²) in [6.07, 6.45) is 0. The molecule has 1 aliphatic heterocycles. The van der Waals surface area contributed by atoms with Gasteiger partial charge in [0.1, 0.15) is 22.9 Å². The van der Waals surface area contributed by atoms with Crippen LogP contribution in [-0.2, 0) is 0 Å². The Morgan fingerprint density at radius 2 is 1.68 bits per heavy atom. The van der Waals surface area contributed by atoms with Gasteiger partial charge in [-0.15, -0.1) is 0 Å². The van der Waals surface area contributed by atoms with E-state index in [4.69, 9.17) is 14.2 Å². The molecule has 0 saturated carbocycles. The number of carbonyl (C=O) groups is 1. The Kier molecular flexibility index (Phi) is 5.59. The van der Waals surface area contributed by atoms with Crippen molar-refractivity contribution >= 4 is 5.91 Å². The topological polar surface area (TPSA) is 76.7 Å². The summed E-state index contributed by atoms with van der Waals surface area (Å²) in [5.41, 5.74) is 3.94. The van der Waals surface area contributed by atoms with Crippen LogP contribution in [0, 0.1) is 5.92 Å². The van der Waals surface area contributed by atoms with Crippen LogP contribution in [0.4, 0.5) is 0 Å². The van der Waals surface area contributed by atoms with Crippen molar-refractivity contribution < 1.29 is 19.0 Å². The number of fused-ring (bicyclic) bond motifs is 1. The van der Waals surface area contributed by atoms with E-state index in [2.05, 4.69) is 24.0 Å². The highest BCUT2D eigenvalue weighted by atomic mass is 16.5. The highest BCUT2D eigenvalue weighted by Crippen LogP contribution is 2.46. The number of methoxy groups -OCH3 is 3. The van der Waals surface area contributed by atoms with E-state index in [9.17, 15) is 4.79 Å². The van der Waals surface area contributed by atoms with Crippen molar-refractivity contribution in [2.24, 2.45) is 5.92 Å². The maximum absolute atomic E-state index is 13.4. The average molecular weight is 421 g/mol. The van der Waals surface area contributed by atoms with Crippen LogP contribution in [0.25, 0.3) is 11.3 Å². The monoisotopic (exact) mass is 421 g/mol. The Morgan fingerprint density at radius 1 is 1.00 bits per heavy atom. The van der Waals surface area contributed by atoms with Crippen LogP contribution in [0.5, 0.6) is 17.2 Å². The molecule has 0 fully saturated rings. The molecule has 0 saturated heterocycles. The molecule has 0 aliphatic carbocycles. The third-order valence-electron chi connectivity index (χ3n) is 5.52. The number of aromatic amines is 1. The zero-order chi connectivity index (χ0) is 22.1. The van der Waals surface area contributed by atoms with E-state index in [1.54, 1.807) is 21.3 Å². The molecule has 1 unspecified atom stereocenters. The van der Waals surface area contributed by atoms with Crippen molar-refractivity contribution in [2.45, 2.75) is 19.9 Å². The molecule has 162 valence electrons. The number of aromatic nitrogens is 2. The molecule has 4 rings (SSSR count). The summed E-state index contributed by atoms with van der Waals surface area (Å²) in [5.74, 6) is 2.38. The first kappa shape index (κ1) is 20.8. The second-order valence-electron chi connectivity index (χ2n) is 7.95. The lowest BCUT2D eigenvalue weighted by atomic mass is 9.95. The molecular formula is C24H27N3O4. The summed E-state index contributed by atoms with van der Waals surface area (Å²) >= 11 is 0. The van der Waals surface area contributed by atoms with Crippen molar-refractivity contribution in [3.8, 4) is 28.5 Å². The normalized spacial score (nSPS) is 15.4. The number of H-pyrrole nitrogens is 1. The largest absolute Gasteiger partial charge is 0.497 e. The van der Waals surface area contributed by atoms with Gasteiger partial charge in [-0.1, -0.05) is 13.8 Å². The van der Waals surface area contributed by atoms with Gasteiger partial charge in [0, 0.05) is 29.3 Å². The van der Waals surface area contributed by atoms with Crippen LogP contribution in [-0.4, -0.2) is 48.9 Å². The standard InChI is InChI=1S/C24H27N3O4/c1-14(2)13-27-23(18-11-10-17(30-4)12-19(18)31-5)20-21(25-26-22(20)24(27)28)15-6-8-16(29-3)9-7-15/h6-12,14,23H,13H2,1-5H3,(H,25,26). The lowest BCUT2D eigenvalue weighted by molar-refractivity contribution is 0.0721. The first-order chi connectivity index (χ1) is 15.0. The average Bonchev–Trinajstić information content (AvgIpc) is 3.32. The molecule has 7 heteroatoms. The fraction of sp³-hybridized carbons (Fsp3) is 0.333. The number of benzene rings is 2. The first-order valence-electron chi connectivity index (χ1n) is 10.2. The van der Waals surface area contributed by atoms with Gasteiger partial charge in [0.25, 0.3) is 5.91 Å². The molecule has 1 atom stereocenters. The number of rotatable bonds is 7. The fourth-order valence-electron chi connectivity index (χ4n) is 4.11. The first-order valence-corrected chi connectivity index (χ1v) is 10.2. The van der Waals surface area contributed by atoms with Gasteiger partial charge >= 0.3 is 0 Å². The molecule has 2 aromatic carbocycles. The number of hydrogen-bond acceptors (Lipinski definition) is 5. The Hall–Kier alpha value is -3.48. The summed E-state index contributed by atoms with van der Waals surface area (Å²) in [4.78, 5) is 15.2. The molecule has 1 aromatic heterocycles. The molecule has 7 nitrogen and oxygen atoms in total. The van der Waals surface area contributed by atoms with Gasteiger partial charge in [-0.2, -0.15) is 5.10 Å².